The van der Waals surface area contributed by atoms with Crippen LogP contribution in [0.4, 0.5) is 0 Å². The molecule has 1 spiro atoms. The lowest BCUT2D eigenvalue weighted by Gasteiger charge is -2.42. The summed E-state index contributed by atoms with van der Waals surface area (Å²) in [5.74, 6) is 0.691. The Bertz CT molecular complexity index is 1210. The van der Waals surface area contributed by atoms with Crippen LogP contribution in [0.15, 0.2) is 58.5 Å². The van der Waals surface area contributed by atoms with Gasteiger partial charge in [0.15, 0.2) is 5.16 Å². The Hall–Kier alpha value is -2.53. The molecule has 1 saturated carbocycles. The van der Waals surface area contributed by atoms with Gasteiger partial charge in [0.05, 0.1) is 24.1 Å². The van der Waals surface area contributed by atoms with Gasteiger partial charge in [-0.2, -0.15) is 0 Å². The fourth-order valence-corrected chi connectivity index (χ4v) is 6.36. The van der Waals surface area contributed by atoms with Gasteiger partial charge in [0, 0.05) is 16.2 Å². The number of thioether (sulfide) groups is 1. The summed E-state index contributed by atoms with van der Waals surface area (Å²) in [6.45, 7) is 4.28. The molecule has 0 bridgehead atoms. The van der Waals surface area contributed by atoms with Crippen molar-refractivity contribution in [3.63, 3.8) is 0 Å². The lowest BCUT2D eigenvalue weighted by atomic mass is 9.62. The molecule has 4 nitrogen and oxygen atoms in total. The van der Waals surface area contributed by atoms with Crippen molar-refractivity contribution in [2.75, 3.05) is 7.11 Å². The third-order valence-electron chi connectivity index (χ3n) is 6.86. The highest BCUT2D eigenvalue weighted by Gasteiger charge is 2.43. The monoisotopic (exact) mass is 446 g/mol. The average Bonchev–Trinajstić information content (AvgIpc) is 2.79. The molecule has 0 aliphatic heterocycles. The lowest BCUT2D eigenvalue weighted by molar-refractivity contribution is 0.283. The van der Waals surface area contributed by atoms with Crippen LogP contribution in [0.1, 0.15) is 57.1 Å². The number of rotatable bonds is 4. The molecule has 0 unspecified atom stereocenters. The summed E-state index contributed by atoms with van der Waals surface area (Å²) in [6, 6.07) is 16.3. The number of methoxy groups -OCH3 is 1. The first-order valence-electron chi connectivity index (χ1n) is 11.6. The highest BCUT2D eigenvalue weighted by molar-refractivity contribution is 7.99. The van der Waals surface area contributed by atoms with Crippen molar-refractivity contribution in [1.29, 1.82) is 0 Å². The predicted molar refractivity (Wildman–Crippen MR) is 131 cm³/mol. The van der Waals surface area contributed by atoms with E-state index in [4.69, 9.17) is 9.72 Å². The van der Waals surface area contributed by atoms with E-state index in [1.54, 1.807) is 18.9 Å². The predicted octanol–water partition coefficient (Wildman–Crippen LogP) is 6.17. The van der Waals surface area contributed by atoms with Gasteiger partial charge in [-0.05, 0) is 37.0 Å². The zero-order chi connectivity index (χ0) is 22.3. The molecule has 2 aliphatic rings. The quantitative estimate of drug-likeness (QED) is 0.355. The summed E-state index contributed by atoms with van der Waals surface area (Å²) in [7, 11) is 1.66. The molecule has 2 aliphatic carbocycles. The summed E-state index contributed by atoms with van der Waals surface area (Å²) < 4.78 is 7.47. The topological polar surface area (TPSA) is 44.1 Å². The number of ether oxygens (including phenoxy) is 1. The number of nitrogens with zero attached hydrogens (tertiary/aromatic N) is 2. The molecule has 2 aromatic carbocycles. The molecule has 0 atom stereocenters. The summed E-state index contributed by atoms with van der Waals surface area (Å²) in [5.41, 5.74) is 4.96. The van der Waals surface area contributed by atoms with Gasteiger partial charge in [0.25, 0.3) is 5.56 Å². The zero-order valence-corrected chi connectivity index (χ0v) is 19.9. The van der Waals surface area contributed by atoms with Gasteiger partial charge < -0.3 is 4.74 Å². The highest BCUT2D eigenvalue weighted by Crippen LogP contribution is 2.49. The van der Waals surface area contributed by atoms with Crippen molar-refractivity contribution in [3.05, 3.63) is 70.0 Å². The second kappa shape index (κ2) is 8.43. The molecule has 166 valence electrons. The molecule has 5 heteroatoms. The van der Waals surface area contributed by atoms with Crippen LogP contribution in [0.5, 0.6) is 5.75 Å². The smallest absolute Gasteiger partial charge is 0.263 e. The minimum absolute atomic E-state index is 0.0686. The van der Waals surface area contributed by atoms with Crippen LogP contribution in [-0.2, 0) is 11.8 Å². The van der Waals surface area contributed by atoms with E-state index < -0.39 is 0 Å². The molecule has 5 rings (SSSR count). The molecular formula is C27H30N2O2S. The number of hydrogen-bond donors (Lipinski definition) is 0. The van der Waals surface area contributed by atoms with Crippen molar-refractivity contribution in [1.82, 2.24) is 9.55 Å². The van der Waals surface area contributed by atoms with Gasteiger partial charge in [0.1, 0.15) is 5.75 Å². The molecule has 1 fully saturated rings. The van der Waals surface area contributed by atoms with E-state index in [1.165, 1.54) is 12.0 Å². The Morgan fingerprint density at radius 2 is 1.75 bits per heavy atom. The first kappa shape index (κ1) is 21.3. The standard InChI is InChI=1S/C27H30N2O2S/c1-18(2)32-26-28-24-20-12-6-5-11-19(20)17-27(15-9-4-10-16-27)23(24)25(30)29(26)21-13-7-8-14-22(21)31-3/h5-8,11-14,18H,4,9-10,15-17H2,1-3H3. The normalized spacial score (nSPS) is 16.6. The molecule has 32 heavy (non-hydrogen) atoms. The maximum absolute atomic E-state index is 14.4. The Morgan fingerprint density at radius 3 is 2.50 bits per heavy atom. The Kier molecular flexibility index (Phi) is 5.62. The summed E-state index contributed by atoms with van der Waals surface area (Å²) in [4.78, 5) is 19.6. The van der Waals surface area contributed by atoms with Crippen LogP contribution < -0.4 is 10.3 Å². The van der Waals surface area contributed by atoms with Crippen LogP contribution in [0, 0.1) is 0 Å². The number of hydrogen-bond acceptors (Lipinski definition) is 4. The van der Waals surface area contributed by atoms with E-state index in [2.05, 4.69) is 38.1 Å². The average molecular weight is 447 g/mol. The number of benzene rings is 2. The second-order valence-electron chi connectivity index (χ2n) is 9.27. The van der Waals surface area contributed by atoms with Gasteiger partial charge in [-0.15, -0.1) is 0 Å². The van der Waals surface area contributed by atoms with Gasteiger partial charge in [-0.3, -0.25) is 9.36 Å². The van der Waals surface area contributed by atoms with Gasteiger partial charge in [0.2, 0.25) is 0 Å². The molecule has 0 saturated heterocycles. The van der Waals surface area contributed by atoms with Crippen LogP contribution in [0.3, 0.4) is 0 Å². The van der Waals surface area contributed by atoms with Gasteiger partial charge in [-0.25, -0.2) is 4.98 Å². The second-order valence-corrected chi connectivity index (χ2v) is 10.8. The van der Waals surface area contributed by atoms with Crippen molar-refractivity contribution in [2.45, 2.75) is 68.2 Å². The molecule has 1 aromatic heterocycles. The first-order chi connectivity index (χ1) is 15.5. The zero-order valence-electron chi connectivity index (χ0n) is 19.1. The Labute approximate surface area is 194 Å². The maximum atomic E-state index is 14.4. The van der Waals surface area contributed by atoms with Crippen LogP contribution in [0.25, 0.3) is 16.9 Å². The van der Waals surface area contributed by atoms with Crippen molar-refractivity contribution in [3.8, 4) is 22.7 Å². The maximum Gasteiger partial charge on any atom is 0.263 e. The fourth-order valence-electron chi connectivity index (χ4n) is 5.50. The van der Waals surface area contributed by atoms with Crippen molar-refractivity contribution < 1.29 is 4.74 Å². The first-order valence-corrected chi connectivity index (χ1v) is 12.5. The van der Waals surface area contributed by atoms with Crippen LogP contribution in [0.2, 0.25) is 0 Å². The number of para-hydroxylation sites is 2. The Balaban J connectivity index is 1.86. The van der Waals surface area contributed by atoms with Crippen molar-refractivity contribution in [2.24, 2.45) is 0 Å². The molecule has 0 amide bonds. The van der Waals surface area contributed by atoms with E-state index in [9.17, 15) is 4.79 Å². The largest absolute Gasteiger partial charge is 0.495 e. The highest BCUT2D eigenvalue weighted by atomic mass is 32.2. The third-order valence-corrected chi connectivity index (χ3v) is 7.82. The van der Waals surface area contributed by atoms with Crippen LogP contribution >= 0.6 is 11.8 Å². The van der Waals surface area contributed by atoms with E-state index in [0.29, 0.717) is 11.0 Å². The van der Waals surface area contributed by atoms with Gasteiger partial charge in [-0.1, -0.05) is 81.3 Å². The summed E-state index contributed by atoms with van der Waals surface area (Å²) in [5, 5.41) is 1.03. The van der Waals surface area contributed by atoms with Crippen molar-refractivity contribution >= 4 is 11.8 Å². The number of fused-ring (bicyclic) bond motifs is 4. The fraction of sp³-hybridized carbons (Fsp3) is 0.407. The third kappa shape index (κ3) is 3.47. The summed E-state index contributed by atoms with van der Waals surface area (Å²) >= 11 is 1.63. The van der Waals surface area contributed by atoms with E-state index in [1.807, 2.05) is 28.8 Å². The minimum atomic E-state index is -0.128. The summed E-state index contributed by atoms with van der Waals surface area (Å²) in [6.07, 6.45) is 6.60. The van der Waals surface area contributed by atoms with E-state index in [0.717, 1.165) is 59.8 Å². The Morgan fingerprint density at radius 1 is 1.03 bits per heavy atom. The molecule has 3 aromatic rings. The molecule has 0 radical (unpaired) electrons. The van der Waals surface area contributed by atoms with Crippen LogP contribution in [-0.4, -0.2) is 21.9 Å². The molecule has 1 heterocycles. The molecule has 0 N–H and O–H groups in total. The molecular weight excluding hydrogens is 416 g/mol. The lowest BCUT2D eigenvalue weighted by Crippen LogP contribution is -2.43. The van der Waals surface area contributed by atoms with E-state index >= 15 is 0 Å². The number of aromatic nitrogens is 2. The van der Waals surface area contributed by atoms with E-state index in [-0.39, 0.29) is 11.0 Å². The SMILES string of the molecule is COc1ccccc1-n1c(SC(C)C)nc2c(c1=O)C1(CCCCC1)Cc1ccccc1-2. The van der Waals surface area contributed by atoms with Gasteiger partial charge >= 0.3 is 0 Å². The minimum Gasteiger partial charge on any atom is -0.495 e.